The number of rotatable bonds is 7. The van der Waals surface area contributed by atoms with Crippen LogP contribution in [-0.4, -0.2) is 11.9 Å². The van der Waals surface area contributed by atoms with Gasteiger partial charge in [0, 0.05) is 17.0 Å². The average Bonchev–Trinajstić information content (AvgIpc) is 3.29. The van der Waals surface area contributed by atoms with Crippen molar-refractivity contribution in [2.24, 2.45) is 0 Å². The van der Waals surface area contributed by atoms with Gasteiger partial charge >= 0.3 is 0 Å². The van der Waals surface area contributed by atoms with E-state index >= 15 is 35.1 Å². The van der Waals surface area contributed by atoms with Gasteiger partial charge in [-0.15, -0.1) is 34.5 Å². The molecule has 0 saturated heterocycles. The standard InChI is InChI=1S/C24BF20.C17H13NOS/c26-5-1(6(27)14(35)21(42)13(5)34)25(2-7(28)15(36)22(43)16(37)8(2)29,3-9(30)17(38)23(44)18(39)10(3)31)4-11(32)19(40)24(45)20(41)12(4)33;19-17(13-6-2-1-3-7-13)12-18-11-15(20)10-14-8-4-5-9-16(14)18/h;1-11H,12H2/q-1;/p+1. The number of nitrogens with zero attached hydrogens (tertiary/aromatic N) is 1. The van der Waals surface area contributed by atoms with E-state index in [0.29, 0.717) is 6.54 Å². The first-order chi connectivity index (χ1) is 30.4. The Morgan fingerprint density at radius 1 is 0.400 bits per heavy atom. The number of carbonyl (C=O) groups excluding carboxylic acids is 1. The van der Waals surface area contributed by atoms with E-state index in [2.05, 4.69) is 12.6 Å². The monoisotopic (exact) mass is 959 g/mol. The highest BCUT2D eigenvalue weighted by atomic mass is 32.1. The molecule has 0 bridgehead atoms. The first-order valence-corrected chi connectivity index (χ1v) is 17.8. The van der Waals surface area contributed by atoms with Gasteiger partial charge in [-0.05, 0) is 12.1 Å². The Labute approximate surface area is 354 Å². The Morgan fingerprint density at radius 3 is 1.00 bits per heavy atom. The molecule has 6 aromatic carbocycles. The van der Waals surface area contributed by atoms with Crippen LogP contribution in [0.3, 0.4) is 0 Å². The summed E-state index contributed by atoms with van der Waals surface area (Å²) in [5.41, 5.74) is -12.6. The van der Waals surface area contributed by atoms with Gasteiger partial charge in [0.15, 0.2) is 76.0 Å². The molecule has 0 unspecified atom stereocenters. The second-order valence-electron chi connectivity index (χ2n) is 13.5. The summed E-state index contributed by atoms with van der Waals surface area (Å²) < 4.78 is 296. The van der Waals surface area contributed by atoms with E-state index in [1.807, 2.05) is 71.4 Å². The van der Waals surface area contributed by atoms with E-state index in [1.54, 1.807) is 0 Å². The molecule has 0 N–H and O–H groups in total. The van der Waals surface area contributed by atoms with E-state index < -0.39 is 144 Å². The quantitative estimate of drug-likeness (QED) is 0.0322. The fourth-order valence-corrected chi connectivity index (χ4v) is 7.45. The lowest BCUT2D eigenvalue weighted by Crippen LogP contribution is -2.81. The van der Waals surface area contributed by atoms with Crippen LogP contribution in [0.25, 0.3) is 10.9 Å². The van der Waals surface area contributed by atoms with Gasteiger partial charge in [-0.25, -0.2) is 87.8 Å². The second kappa shape index (κ2) is 17.8. The van der Waals surface area contributed by atoms with Crippen molar-refractivity contribution in [2.45, 2.75) is 11.4 Å². The molecule has 1 aromatic heterocycles. The van der Waals surface area contributed by atoms with Crippen molar-refractivity contribution >= 4 is 57.3 Å². The number of benzene rings is 6. The molecule has 0 aliphatic rings. The predicted molar refractivity (Wildman–Crippen MR) is 191 cm³/mol. The van der Waals surface area contributed by atoms with Crippen LogP contribution in [0, 0.1) is 116 Å². The highest BCUT2D eigenvalue weighted by molar-refractivity contribution is 7.80. The number of para-hydroxylation sites is 1. The number of thiol groups is 1. The maximum absolute atomic E-state index is 15.4. The Morgan fingerprint density at radius 2 is 0.677 bits per heavy atom. The molecule has 0 amide bonds. The summed E-state index contributed by atoms with van der Waals surface area (Å²) in [7, 11) is 0. The maximum atomic E-state index is 15.4. The van der Waals surface area contributed by atoms with Crippen LogP contribution in [0.5, 0.6) is 0 Å². The van der Waals surface area contributed by atoms with Crippen molar-refractivity contribution in [1.82, 2.24) is 0 Å². The number of ketones is 1. The Balaban J connectivity index is 0.000000289. The van der Waals surface area contributed by atoms with Crippen LogP contribution in [0.15, 0.2) is 71.8 Å². The zero-order chi connectivity index (χ0) is 48.3. The lowest BCUT2D eigenvalue weighted by molar-refractivity contribution is -0.658. The lowest BCUT2D eigenvalue weighted by atomic mass is 9.12. The van der Waals surface area contributed by atoms with Crippen LogP contribution >= 0.6 is 12.6 Å². The summed E-state index contributed by atoms with van der Waals surface area (Å²) in [4.78, 5) is 13.2. The Kier molecular flexibility index (Phi) is 13.1. The largest absolute Gasteiger partial charge is 0.287 e. The SMILES string of the molecule is Fc1c(F)c(F)c([B-](c2c(F)c(F)c(F)c(F)c2F)(c2c(F)c(F)c(F)c(F)c2F)c2c(F)c(F)c(F)c(F)c2F)c(F)c1F.O=C(C[n+]1cc(S)cc2ccccc21)c1ccccc1. The predicted octanol–water partition coefficient (Wildman–Crippen LogP) is 9.14. The number of aromatic nitrogens is 1. The molecule has 0 spiro atoms. The van der Waals surface area contributed by atoms with Crippen molar-refractivity contribution < 1.29 is 97.2 Å². The number of hydrogen-bond acceptors (Lipinski definition) is 2. The molecule has 1 heterocycles. The number of Topliss-reactive ketones (excluding diaryl/α,β-unsaturated/α-hetero) is 1. The molecule has 7 rings (SSSR count). The van der Waals surface area contributed by atoms with E-state index in [1.165, 1.54) is 0 Å². The Bertz CT molecular complexity index is 2730. The summed E-state index contributed by atoms with van der Waals surface area (Å²) in [6, 6.07) is 19.4. The lowest BCUT2D eigenvalue weighted by Gasteiger charge is -2.44. The molecule has 0 aliphatic heterocycles. The minimum atomic E-state index is -7.22. The Hall–Kier alpha value is -6.59. The van der Waals surface area contributed by atoms with Crippen molar-refractivity contribution in [3.8, 4) is 0 Å². The zero-order valence-electron chi connectivity index (χ0n) is 31.0. The number of carbonyl (C=O) groups is 1. The van der Waals surface area contributed by atoms with Gasteiger partial charge in [0.05, 0.1) is 4.90 Å². The number of hydrogen-bond donors (Lipinski definition) is 1. The molecule has 0 fully saturated rings. The van der Waals surface area contributed by atoms with E-state index in [4.69, 9.17) is 0 Å². The van der Waals surface area contributed by atoms with Crippen LogP contribution in [-0.2, 0) is 6.54 Å². The minimum absolute atomic E-state index is 0.0969. The molecule has 0 aliphatic carbocycles. The van der Waals surface area contributed by atoms with Crippen LogP contribution < -0.4 is 26.4 Å². The third kappa shape index (κ3) is 7.59. The normalized spacial score (nSPS) is 11.6. The highest BCUT2D eigenvalue weighted by Gasteiger charge is 2.52. The van der Waals surface area contributed by atoms with E-state index in [-0.39, 0.29) is 5.78 Å². The van der Waals surface area contributed by atoms with Crippen LogP contribution in [0.2, 0.25) is 0 Å². The van der Waals surface area contributed by atoms with Crippen molar-refractivity contribution in [1.29, 1.82) is 0 Å². The molecular weight excluding hydrogens is 945 g/mol. The fourth-order valence-electron chi connectivity index (χ4n) is 7.17. The van der Waals surface area contributed by atoms with Gasteiger partial charge < -0.3 is 0 Å². The van der Waals surface area contributed by atoms with E-state index in [0.717, 1.165) is 21.4 Å². The van der Waals surface area contributed by atoms with Gasteiger partial charge in [0.2, 0.25) is 17.8 Å². The highest BCUT2D eigenvalue weighted by Crippen LogP contribution is 2.31. The molecule has 338 valence electrons. The fraction of sp³-hybridized carbons (Fsp3) is 0.0244. The van der Waals surface area contributed by atoms with Gasteiger partial charge in [0.25, 0.3) is 0 Å². The molecule has 0 saturated carbocycles. The third-order valence-electron chi connectivity index (χ3n) is 9.95. The smallest absolute Gasteiger partial charge is 0.227 e. The molecule has 65 heavy (non-hydrogen) atoms. The summed E-state index contributed by atoms with van der Waals surface area (Å²) in [5.74, 6) is -71.3. The first kappa shape index (κ1) is 47.9. The molecule has 24 heteroatoms. The summed E-state index contributed by atoms with van der Waals surface area (Å²) in [5, 5.41) is 1.08. The van der Waals surface area contributed by atoms with Crippen molar-refractivity contribution in [3.05, 3.63) is 189 Å². The maximum Gasteiger partial charge on any atom is 0.227 e. The van der Waals surface area contributed by atoms with Gasteiger partial charge in [0.1, 0.15) is 52.7 Å². The molecule has 7 aromatic rings. The van der Waals surface area contributed by atoms with Crippen molar-refractivity contribution in [3.63, 3.8) is 0 Å². The summed E-state index contributed by atoms with van der Waals surface area (Å²) in [6.07, 6.45) is -5.32. The minimum Gasteiger partial charge on any atom is -0.287 e. The molecule has 0 radical (unpaired) electrons. The van der Waals surface area contributed by atoms with Crippen LogP contribution in [0.1, 0.15) is 10.4 Å². The van der Waals surface area contributed by atoms with Crippen LogP contribution in [0.4, 0.5) is 87.8 Å². The summed E-state index contributed by atoms with van der Waals surface area (Å²) in [6.45, 7) is 0.318. The van der Waals surface area contributed by atoms with E-state index in [9.17, 15) is 57.5 Å². The number of fused-ring (bicyclic) bond motifs is 1. The zero-order valence-corrected chi connectivity index (χ0v) is 31.9. The number of pyridine rings is 1. The number of halogens is 20. The summed E-state index contributed by atoms with van der Waals surface area (Å²) >= 11 is 4.41. The molecular formula is C41H14BF20NOS. The first-order valence-electron chi connectivity index (χ1n) is 17.4. The second-order valence-corrected chi connectivity index (χ2v) is 14.0. The van der Waals surface area contributed by atoms with Gasteiger partial charge in [-0.3, -0.25) is 4.79 Å². The van der Waals surface area contributed by atoms with Gasteiger partial charge in [-0.1, -0.05) is 42.5 Å². The molecule has 2 nitrogen and oxygen atoms in total. The molecule has 0 atom stereocenters. The third-order valence-corrected chi connectivity index (χ3v) is 10.2. The topological polar surface area (TPSA) is 20.9 Å². The van der Waals surface area contributed by atoms with Crippen molar-refractivity contribution in [2.75, 3.05) is 0 Å². The van der Waals surface area contributed by atoms with Gasteiger partial charge in [-0.2, -0.15) is 4.57 Å². The average molecular weight is 959 g/mol.